The van der Waals surface area contributed by atoms with Crippen molar-refractivity contribution in [3.63, 3.8) is 0 Å². The van der Waals surface area contributed by atoms with Gasteiger partial charge in [0.2, 0.25) is 0 Å². The molecule has 0 aromatic heterocycles. The van der Waals surface area contributed by atoms with Crippen molar-refractivity contribution in [2.45, 2.75) is 44.7 Å². The molecule has 0 aliphatic carbocycles. The Morgan fingerprint density at radius 1 is 1.21 bits per heavy atom. The molecule has 0 bridgehead atoms. The third-order valence-corrected chi connectivity index (χ3v) is 3.90. The summed E-state index contributed by atoms with van der Waals surface area (Å²) < 4.78 is 0. The fraction of sp³-hybridized carbons (Fsp3) is 0.562. The van der Waals surface area contributed by atoms with Gasteiger partial charge in [-0.15, -0.1) is 0 Å². The van der Waals surface area contributed by atoms with E-state index in [0.717, 1.165) is 25.1 Å². The van der Waals surface area contributed by atoms with Crippen LogP contribution in [-0.2, 0) is 13.0 Å². The first kappa shape index (κ1) is 14.0. The zero-order valence-corrected chi connectivity index (χ0v) is 11.4. The first-order valence-electron chi connectivity index (χ1n) is 7.13. The summed E-state index contributed by atoms with van der Waals surface area (Å²) in [6.45, 7) is 2.37. The molecule has 1 heterocycles. The minimum absolute atomic E-state index is 0.280. The van der Waals surface area contributed by atoms with E-state index in [1.807, 2.05) is 12.1 Å². The molecule has 3 nitrogen and oxygen atoms in total. The number of benzene rings is 1. The SMILES string of the molecule is N#CCc1ccc(CN2CCCCC2CCO)cc1. The molecular formula is C16H22N2O. The summed E-state index contributed by atoms with van der Waals surface area (Å²) in [5.41, 5.74) is 2.38. The average Bonchev–Trinajstić information content (AvgIpc) is 2.44. The fourth-order valence-corrected chi connectivity index (χ4v) is 2.83. The van der Waals surface area contributed by atoms with Crippen LogP contribution in [0.15, 0.2) is 24.3 Å². The predicted octanol–water partition coefficient (Wildman–Crippen LogP) is 2.49. The fourth-order valence-electron chi connectivity index (χ4n) is 2.83. The molecule has 19 heavy (non-hydrogen) atoms. The van der Waals surface area contributed by atoms with Crippen LogP contribution in [0.25, 0.3) is 0 Å². The zero-order valence-electron chi connectivity index (χ0n) is 11.4. The van der Waals surface area contributed by atoms with Crippen LogP contribution in [-0.4, -0.2) is 29.2 Å². The molecule has 1 atom stereocenters. The summed E-state index contributed by atoms with van der Waals surface area (Å²) >= 11 is 0. The maximum Gasteiger partial charge on any atom is 0.0669 e. The Kier molecular flexibility index (Phi) is 5.38. The summed E-state index contributed by atoms with van der Waals surface area (Å²) in [6, 6.07) is 11.0. The van der Waals surface area contributed by atoms with Gasteiger partial charge in [-0.05, 0) is 36.9 Å². The van der Waals surface area contributed by atoms with Crippen LogP contribution in [0.3, 0.4) is 0 Å². The zero-order chi connectivity index (χ0) is 13.5. The molecule has 1 N–H and O–H groups in total. The van der Waals surface area contributed by atoms with Gasteiger partial charge in [0.15, 0.2) is 0 Å². The van der Waals surface area contributed by atoms with E-state index in [-0.39, 0.29) is 6.61 Å². The third kappa shape index (κ3) is 4.05. The van der Waals surface area contributed by atoms with Crippen molar-refractivity contribution < 1.29 is 5.11 Å². The largest absolute Gasteiger partial charge is 0.396 e. The summed E-state index contributed by atoms with van der Waals surface area (Å²) in [4.78, 5) is 2.49. The highest BCUT2D eigenvalue weighted by molar-refractivity contribution is 5.24. The maximum absolute atomic E-state index is 9.14. The van der Waals surface area contributed by atoms with Gasteiger partial charge in [0, 0.05) is 19.2 Å². The molecule has 1 aliphatic rings. The summed E-state index contributed by atoms with van der Waals surface area (Å²) in [5.74, 6) is 0. The van der Waals surface area contributed by atoms with Gasteiger partial charge in [0.25, 0.3) is 0 Å². The molecule has 0 radical (unpaired) electrons. The Morgan fingerprint density at radius 3 is 2.63 bits per heavy atom. The van der Waals surface area contributed by atoms with Crippen molar-refractivity contribution in [1.29, 1.82) is 5.26 Å². The number of nitriles is 1. The van der Waals surface area contributed by atoms with Gasteiger partial charge in [-0.1, -0.05) is 30.7 Å². The van der Waals surface area contributed by atoms with Gasteiger partial charge in [-0.3, -0.25) is 4.90 Å². The van der Waals surface area contributed by atoms with E-state index < -0.39 is 0 Å². The highest BCUT2D eigenvalue weighted by Gasteiger charge is 2.21. The Hall–Kier alpha value is -1.37. The number of rotatable bonds is 5. The summed E-state index contributed by atoms with van der Waals surface area (Å²) in [5, 5.41) is 17.8. The minimum atomic E-state index is 0.280. The van der Waals surface area contributed by atoms with E-state index in [0.29, 0.717) is 12.5 Å². The molecule has 0 saturated carbocycles. The van der Waals surface area contributed by atoms with Crippen LogP contribution < -0.4 is 0 Å². The predicted molar refractivity (Wildman–Crippen MR) is 75.5 cm³/mol. The molecule has 1 fully saturated rings. The van der Waals surface area contributed by atoms with Gasteiger partial charge >= 0.3 is 0 Å². The number of piperidine rings is 1. The maximum atomic E-state index is 9.14. The molecule has 3 heteroatoms. The Morgan fingerprint density at radius 2 is 1.95 bits per heavy atom. The lowest BCUT2D eigenvalue weighted by Crippen LogP contribution is -2.39. The molecule has 0 spiro atoms. The molecule has 102 valence electrons. The topological polar surface area (TPSA) is 47.3 Å². The van der Waals surface area contributed by atoms with Gasteiger partial charge in [0.05, 0.1) is 12.5 Å². The highest BCUT2D eigenvalue weighted by Crippen LogP contribution is 2.21. The monoisotopic (exact) mass is 258 g/mol. The smallest absolute Gasteiger partial charge is 0.0669 e. The standard InChI is InChI=1S/C16H22N2O/c17-10-8-14-4-6-15(7-5-14)13-18-11-2-1-3-16(18)9-12-19/h4-7,16,19H,1-3,8-9,11-13H2. The first-order valence-corrected chi connectivity index (χ1v) is 7.13. The lowest BCUT2D eigenvalue weighted by atomic mass is 9.98. The van der Waals surface area contributed by atoms with Crippen LogP contribution in [0, 0.1) is 11.3 Å². The number of hydrogen-bond donors (Lipinski definition) is 1. The third-order valence-electron chi connectivity index (χ3n) is 3.90. The lowest BCUT2D eigenvalue weighted by Gasteiger charge is -2.35. The van der Waals surface area contributed by atoms with E-state index in [2.05, 4.69) is 23.1 Å². The second-order valence-corrected chi connectivity index (χ2v) is 5.28. The minimum Gasteiger partial charge on any atom is -0.396 e. The molecule has 1 unspecified atom stereocenters. The highest BCUT2D eigenvalue weighted by atomic mass is 16.3. The molecule has 0 amide bonds. The second kappa shape index (κ2) is 7.28. The van der Waals surface area contributed by atoms with Crippen LogP contribution in [0.1, 0.15) is 36.8 Å². The van der Waals surface area contributed by atoms with E-state index in [1.165, 1.54) is 24.8 Å². The number of hydrogen-bond acceptors (Lipinski definition) is 3. The van der Waals surface area contributed by atoms with Gasteiger partial charge in [-0.25, -0.2) is 0 Å². The van der Waals surface area contributed by atoms with Gasteiger partial charge < -0.3 is 5.11 Å². The number of aliphatic hydroxyl groups is 1. The quantitative estimate of drug-likeness (QED) is 0.882. The van der Waals surface area contributed by atoms with Crippen molar-refractivity contribution in [2.75, 3.05) is 13.2 Å². The van der Waals surface area contributed by atoms with Crippen molar-refractivity contribution in [3.8, 4) is 6.07 Å². The van der Waals surface area contributed by atoms with Gasteiger partial charge in [-0.2, -0.15) is 5.26 Å². The van der Waals surface area contributed by atoms with Gasteiger partial charge in [0.1, 0.15) is 0 Å². The summed E-state index contributed by atoms with van der Waals surface area (Å²) in [7, 11) is 0. The number of aliphatic hydroxyl groups excluding tert-OH is 1. The number of likely N-dealkylation sites (tertiary alicyclic amines) is 1. The average molecular weight is 258 g/mol. The molecule has 1 aromatic carbocycles. The Bertz CT molecular complexity index is 419. The van der Waals surface area contributed by atoms with Crippen LogP contribution in [0.2, 0.25) is 0 Å². The van der Waals surface area contributed by atoms with Crippen molar-refractivity contribution in [1.82, 2.24) is 4.90 Å². The van der Waals surface area contributed by atoms with Crippen LogP contribution >= 0.6 is 0 Å². The van der Waals surface area contributed by atoms with Crippen LogP contribution in [0.4, 0.5) is 0 Å². The van der Waals surface area contributed by atoms with E-state index in [4.69, 9.17) is 10.4 Å². The molecule has 1 aromatic rings. The lowest BCUT2D eigenvalue weighted by molar-refractivity contribution is 0.112. The normalized spacial score (nSPS) is 20.1. The van der Waals surface area contributed by atoms with E-state index in [9.17, 15) is 0 Å². The molecular weight excluding hydrogens is 236 g/mol. The van der Waals surface area contributed by atoms with Crippen molar-refractivity contribution in [3.05, 3.63) is 35.4 Å². The number of nitrogens with zero attached hydrogens (tertiary/aromatic N) is 2. The van der Waals surface area contributed by atoms with E-state index >= 15 is 0 Å². The van der Waals surface area contributed by atoms with Crippen molar-refractivity contribution >= 4 is 0 Å². The first-order chi connectivity index (χ1) is 9.33. The van der Waals surface area contributed by atoms with Crippen molar-refractivity contribution in [2.24, 2.45) is 0 Å². The van der Waals surface area contributed by atoms with Crippen LogP contribution in [0.5, 0.6) is 0 Å². The molecule has 2 rings (SSSR count). The van der Waals surface area contributed by atoms with E-state index in [1.54, 1.807) is 0 Å². The molecule has 1 saturated heterocycles. The Balaban J connectivity index is 1.96. The molecule has 1 aliphatic heterocycles. The Labute approximate surface area is 115 Å². The second-order valence-electron chi connectivity index (χ2n) is 5.28. The summed E-state index contributed by atoms with van der Waals surface area (Å²) in [6.07, 6.45) is 5.10.